The highest BCUT2D eigenvalue weighted by molar-refractivity contribution is 5.85. The number of rotatable bonds is 6. The average molecular weight is 349 g/mol. The van der Waals surface area contributed by atoms with Gasteiger partial charge in [-0.3, -0.25) is 4.79 Å². The van der Waals surface area contributed by atoms with Crippen LogP contribution in [0.4, 0.5) is 5.69 Å². The fraction of sp³-hybridized carbons (Fsp3) is 0.316. The Kier molecular flexibility index (Phi) is 7.59. The number of hydrogen-bond donors (Lipinski definition) is 2. The van der Waals surface area contributed by atoms with E-state index in [4.69, 9.17) is 10.5 Å². The number of ether oxygens (including phenoxy) is 1. The first-order valence-electron chi connectivity index (χ1n) is 7.84. The summed E-state index contributed by atoms with van der Waals surface area (Å²) in [5.74, 6) is 0.828. The number of nitrogens with one attached hydrogen (secondary N) is 1. The summed E-state index contributed by atoms with van der Waals surface area (Å²) in [5, 5.41) is 3.01. The van der Waals surface area contributed by atoms with Gasteiger partial charge in [0, 0.05) is 5.69 Å². The van der Waals surface area contributed by atoms with E-state index in [9.17, 15) is 4.79 Å². The van der Waals surface area contributed by atoms with Crippen molar-refractivity contribution in [3.8, 4) is 5.75 Å². The fourth-order valence-corrected chi connectivity index (χ4v) is 2.30. The highest BCUT2D eigenvalue weighted by Gasteiger charge is 2.10. The second-order valence-corrected chi connectivity index (χ2v) is 5.94. The van der Waals surface area contributed by atoms with E-state index < -0.39 is 0 Å². The van der Waals surface area contributed by atoms with Crippen LogP contribution in [0.25, 0.3) is 0 Å². The van der Waals surface area contributed by atoms with Crippen molar-refractivity contribution in [3.63, 3.8) is 0 Å². The van der Waals surface area contributed by atoms with Crippen LogP contribution in [0, 0.1) is 0 Å². The van der Waals surface area contributed by atoms with Gasteiger partial charge >= 0.3 is 0 Å². The van der Waals surface area contributed by atoms with Crippen LogP contribution in [0.15, 0.2) is 48.5 Å². The van der Waals surface area contributed by atoms with Gasteiger partial charge in [-0.25, -0.2) is 0 Å². The van der Waals surface area contributed by atoms with Crippen LogP contribution in [0.3, 0.4) is 0 Å². The predicted octanol–water partition coefficient (Wildman–Crippen LogP) is 3.90. The molecule has 0 saturated heterocycles. The van der Waals surface area contributed by atoms with Crippen LogP contribution < -0.4 is 15.8 Å². The molecule has 0 fully saturated rings. The zero-order valence-electron chi connectivity index (χ0n) is 14.3. The van der Waals surface area contributed by atoms with Crippen molar-refractivity contribution >= 4 is 24.0 Å². The normalized spacial score (nSPS) is 11.5. The van der Waals surface area contributed by atoms with E-state index in [2.05, 4.69) is 5.32 Å². The van der Waals surface area contributed by atoms with Gasteiger partial charge in [-0.2, -0.15) is 0 Å². The molecule has 5 heteroatoms. The number of benzene rings is 2. The van der Waals surface area contributed by atoms with Gasteiger partial charge in [0.2, 0.25) is 5.91 Å². The summed E-state index contributed by atoms with van der Waals surface area (Å²) in [6.07, 6.45) is 0.497. The number of carbonyl (C=O) groups is 1. The largest absolute Gasteiger partial charge is 0.491 e. The molecule has 0 radical (unpaired) electrons. The number of nitrogen functional groups attached to an aromatic ring is 1. The van der Waals surface area contributed by atoms with Crippen LogP contribution in [-0.2, 0) is 11.2 Å². The first-order chi connectivity index (χ1) is 10.9. The van der Waals surface area contributed by atoms with E-state index >= 15 is 0 Å². The molecule has 0 aliphatic carbocycles. The second kappa shape index (κ2) is 9.18. The molecule has 0 bridgehead atoms. The summed E-state index contributed by atoms with van der Waals surface area (Å²) in [6.45, 7) is 5.96. The molecular formula is C19H25ClN2O2. The Morgan fingerprint density at radius 3 is 2.17 bits per heavy atom. The third kappa shape index (κ3) is 6.13. The molecule has 0 spiro atoms. The highest BCUT2D eigenvalue weighted by atomic mass is 35.5. The summed E-state index contributed by atoms with van der Waals surface area (Å²) in [5.41, 5.74) is 8.34. The molecule has 0 saturated carbocycles. The number of amides is 1. The summed E-state index contributed by atoms with van der Waals surface area (Å²) < 4.78 is 5.62. The fourth-order valence-electron chi connectivity index (χ4n) is 2.30. The van der Waals surface area contributed by atoms with Crippen molar-refractivity contribution in [2.24, 2.45) is 0 Å². The summed E-state index contributed by atoms with van der Waals surface area (Å²) in [7, 11) is 0. The van der Waals surface area contributed by atoms with E-state index in [1.54, 1.807) is 12.1 Å². The van der Waals surface area contributed by atoms with Crippen LogP contribution in [-0.4, -0.2) is 12.0 Å². The molecule has 1 amide bonds. The molecule has 0 heterocycles. The van der Waals surface area contributed by atoms with Gasteiger partial charge in [-0.1, -0.05) is 24.3 Å². The molecule has 1 unspecified atom stereocenters. The first kappa shape index (κ1) is 19.8. The van der Waals surface area contributed by atoms with E-state index in [-0.39, 0.29) is 30.5 Å². The quantitative estimate of drug-likeness (QED) is 0.778. The van der Waals surface area contributed by atoms with Gasteiger partial charge < -0.3 is 15.8 Å². The Morgan fingerprint density at radius 2 is 1.62 bits per heavy atom. The third-order valence-corrected chi connectivity index (χ3v) is 3.47. The number of hydrogen-bond acceptors (Lipinski definition) is 3. The van der Waals surface area contributed by atoms with Crippen molar-refractivity contribution in [1.82, 2.24) is 5.32 Å². The summed E-state index contributed by atoms with van der Waals surface area (Å²) >= 11 is 0. The lowest BCUT2D eigenvalue weighted by Gasteiger charge is -2.16. The molecule has 2 rings (SSSR count). The lowest BCUT2D eigenvalue weighted by molar-refractivity contribution is -0.121. The zero-order chi connectivity index (χ0) is 16.8. The summed E-state index contributed by atoms with van der Waals surface area (Å²) in [4.78, 5) is 12.1. The van der Waals surface area contributed by atoms with Crippen molar-refractivity contribution in [2.75, 3.05) is 5.73 Å². The van der Waals surface area contributed by atoms with Gasteiger partial charge in [0.15, 0.2) is 0 Å². The minimum absolute atomic E-state index is 0. The Labute approximate surface area is 149 Å². The third-order valence-electron chi connectivity index (χ3n) is 3.47. The molecule has 4 nitrogen and oxygen atoms in total. The molecule has 3 N–H and O–H groups in total. The SMILES string of the molecule is CC(C)Oc1ccc(C(C)NC(=O)Cc2ccc(N)cc2)cc1.Cl. The smallest absolute Gasteiger partial charge is 0.224 e. The van der Waals surface area contributed by atoms with E-state index in [0.29, 0.717) is 12.1 Å². The molecule has 0 aromatic heterocycles. The van der Waals surface area contributed by atoms with Gasteiger partial charge in [0.25, 0.3) is 0 Å². The molecule has 2 aromatic carbocycles. The Hall–Kier alpha value is -2.20. The van der Waals surface area contributed by atoms with Gasteiger partial charge in [0.05, 0.1) is 18.6 Å². The van der Waals surface area contributed by atoms with Crippen LogP contribution >= 0.6 is 12.4 Å². The van der Waals surface area contributed by atoms with E-state index in [1.807, 2.05) is 57.2 Å². The Morgan fingerprint density at radius 1 is 1.04 bits per heavy atom. The monoisotopic (exact) mass is 348 g/mol. The van der Waals surface area contributed by atoms with Gasteiger partial charge in [-0.15, -0.1) is 12.4 Å². The van der Waals surface area contributed by atoms with Crippen LogP contribution in [0.1, 0.15) is 37.9 Å². The average Bonchev–Trinajstić information content (AvgIpc) is 2.49. The van der Waals surface area contributed by atoms with Gasteiger partial charge in [0.1, 0.15) is 5.75 Å². The maximum absolute atomic E-state index is 12.1. The second-order valence-electron chi connectivity index (χ2n) is 5.94. The van der Waals surface area contributed by atoms with Crippen LogP contribution in [0.2, 0.25) is 0 Å². The number of carbonyl (C=O) groups excluding carboxylic acids is 1. The standard InChI is InChI=1S/C19H24N2O2.ClH/c1-13(2)23-18-10-6-16(7-11-18)14(3)21-19(22)12-15-4-8-17(20)9-5-15;/h4-11,13-14H,12,20H2,1-3H3,(H,21,22);1H. The first-order valence-corrected chi connectivity index (χ1v) is 7.84. The van der Waals surface area contributed by atoms with Crippen molar-refractivity contribution in [2.45, 2.75) is 39.3 Å². The highest BCUT2D eigenvalue weighted by Crippen LogP contribution is 2.18. The maximum Gasteiger partial charge on any atom is 0.224 e. The molecular weight excluding hydrogens is 324 g/mol. The van der Waals surface area contributed by atoms with Crippen molar-refractivity contribution in [1.29, 1.82) is 0 Å². The lowest BCUT2D eigenvalue weighted by atomic mass is 10.1. The minimum Gasteiger partial charge on any atom is -0.491 e. The Balaban J connectivity index is 0.00000288. The van der Waals surface area contributed by atoms with Crippen LogP contribution in [0.5, 0.6) is 5.75 Å². The van der Waals surface area contributed by atoms with Crippen molar-refractivity contribution < 1.29 is 9.53 Å². The molecule has 1 atom stereocenters. The minimum atomic E-state index is -0.0515. The van der Waals surface area contributed by atoms with E-state index in [0.717, 1.165) is 16.9 Å². The van der Waals surface area contributed by atoms with Gasteiger partial charge in [-0.05, 0) is 56.2 Å². The number of anilines is 1. The zero-order valence-corrected chi connectivity index (χ0v) is 15.1. The number of nitrogens with two attached hydrogens (primary N) is 1. The topological polar surface area (TPSA) is 64.3 Å². The summed E-state index contributed by atoms with van der Waals surface area (Å²) in [6, 6.07) is 15.1. The number of halogens is 1. The lowest BCUT2D eigenvalue weighted by Crippen LogP contribution is -2.28. The molecule has 24 heavy (non-hydrogen) atoms. The molecule has 130 valence electrons. The molecule has 2 aromatic rings. The maximum atomic E-state index is 12.1. The predicted molar refractivity (Wildman–Crippen MR) is 101 cm³/mol. The van der Waals surface area contributed by atoms with Crippen molar-refractivity contribution in [3.05, 3.63) is 59.7 Å². The van der Waals surface area contributed by atoms with E-state index in [1.165, 1.54) is 0 Å². The molecule has 0 aliphatic rings. The Bertz CT molecular complexity index is 639. The molecule has 0 aliphatic heterocycles.